The Labute approximate surface area is 262 Å². The SMILES string of the molecule is [2H]C([2H])([2H])c1cc2c(cc1-c1ccc3c(c1)-c1ccccc1-c1ccccc1-c1ccccc1-3)C(C)(C)c1ccc(C([2H])([2H])C)cc1C2. The first-order valence-corrected chi connectivity index (χ1v) is 15.1. The van der Waals surface area contributed by atoms with Crippen molar-refractivity contribution in [1.29, 1.82) is 0 Å². The molecule has 6 aromatic rings. The van der Waals surface area contributed by atoms with E-state index in [0.29, 0.717) is 17.5 Å². The van der Waals surface area contributed by atoms with E-state index in [0.717, 1.165) is 61.2 Å². The third-order valence-corrected chi connectivity index (χ3v) is 9.64. The van der Waals surface area contributed by atoms with Gasteiger partial charge in [-0.05, 0) is 121 Å². The molecule has 0 heterocycles. The summed E-state index contributed by atoms with van der Waals surface area (Å²) in [7, 11) is 0. The molecule has 0 atom stereocenters. The molecule has 0 amide bonds. The van der Waals surface area contributed by atoms with Crippen molar-refractivity contribution in [3.63, 3.8) is 0 Å². The zero-order chi connectivity index (χ0) is 33.6. The second-order valence-corrected chi connectivity index (χ2v) is 12.4. The van der Waals surface area contributed by atoms with Crippen molar-refractivity contribution < 1.29 is 6.85 Å². The fourth-order valence-electron chi connectivity index (χ4n) is 7.49. The molecule has 0 aromatic heterocycles. The summed E-state index contributed by atoms with van der Waals surface area (Å²) in [5, 5.41) is 0. The highest BCUT2D eigenvalue weighted by Gasteiger charge is 2.33. The summed E-state index contributed by atoms with van der Waals surface area (Å²) in [5.74, 6) is 0. The molecule has 6 aromatic carbocycles. The van der Waals surface area contributed by atoms with Gasteiger partial charge >= 0.3 is 0 Å². The molecule has 0 fully saturated rings. The number of fused-ring (bicyclic) bond motifs is 10. The van der Waals surface area contributed by atoms with Crippen molar-refractivity contribution in [3.8, 4) is 55.6 Å². The Balaban J connectivity index is 1.37. The third kappa shape index (κ3) is 3.97. The standard InChI is InChI=1S/C43H36/c1-5-28-18-21-41-31(23-28)24-30-22-27(2)39(26-42(30)43(41,3)4)29-19-20-38-36-16-9-8-14-34(36)32-12-6-7-13-33(32)35-15-10-11-17-37(35)40(38)25-29/h6-23,25-26H,5,24H2,1-4H3/i2D3,5D2. The molecule has 0 bridgehead atoms. The van der Waals surface area contributed by atoms with Crippen LogP contribution in [0.3, 0.4) is 0 Å². The molecule has 0 saturated heterocycles. The average molecular weight is 558 g/mol. The number of aryl methyl sites for hydroxylation is 2. The van der Waals surface area contributed by atoms with Gasteiger partial charge in [-0.25, -0.2) is 0 Å². The molecule has 0 saturated carbocycles. The van der Waals surface area contributed by atoms with Gasteiger partial charge in [0.25, 0.3) is 0 Å². The van der Waals surface area contributed by atoms with Crippen LogP contribution < -0.4 is 0 Å². The molecule has 0 N–H and O–H groups in total. The monoisotopic (exact) mass is 557 g/mol. The number of hydrogen-bond donors (Lipinski definition) is 0. The van der Waals surface area contributed by atoms with Crippen LogP contribution in [0, 0.1) is 6.85 Å². The predicted molar refractivity (Wildman–Crippen MR) is 183 cm³/mol. The van der Waals surface area contributed by atoms with Crippen molar-refractivity contribution in [2.24, 2.45) is 0 Å². The lowest BCUT2D eigenvalue weighted by atomic mass is 9.67. The van der Waals surface area contributed by atoms with E-state index in [4.69, 9.17) is 6.85 Å². The second-order valence-electron chi connectivity index (χ2n) is 12.4. The van der Waals surface area contributed by atoms with Gasteiger partial charge in [-0.15, -0.1) is 0 Å². The minimum Gasteiger partial charge on any atom is -0.0616 e. The zero-order valence-corrected chi connectivity index (χ0v) is 24.8. The first-order valence-electron chi connectivity index (χ1n) is 17.6. The van der Waals surface area contributed by atoms with Gasteiger partial charge in [-0.2, -0.15) is 0 Å². The quantitative estimate of drug-likeness (QED) is 0.198. The molecule has 2 aliphatic rings. The second kappa shape index (κ2) is 9.68. The number of benzene rings is 6. The molecule has 0 nitrogen and oxygen atoms in total. The van der Waals surface area contributed by atoms with Crippen LogP contribution in [0.2, 0.25) is 0 Å². The molecule has 0 heteroatoms. The maximum Gasteiger partial charge on any atom is 0.0313 e. The van der Waals surface area contributed by atoms with E-state index in [-0.39, 0.29) is 0 Å². The van der Waals surface area contributed by atoms with Crippen LogP contribution in [0.15, 0.2) is 121 Å². The average Bonchev–Trinajstić information content (AvgIpc) is 3.06. The molecule has 8 rings (SSSR count). The van der Waals surface area contributed by atoms with Crippen LogP contribution in [0.1, 0.15) is 61.0 Å². The van der Waals surface area contributed by atoms with Crippen molar-refractivity contribution in [2.45, 2.75) is 45.8 Å². The van der Waals surface area contributed by atoms with E-state index in [9.17, 15) is 0 Å². The highest BCUT2D eigenvalue weighted by molar-refractivity contribution is 6.03. The Kier molecular flexibility index (Phi) is 4.74. The molecule has 43 heavy (non-hydrogen) atoms. The zero-order valence-electron chi connectivity index (χ0n) is 29.8. The highest BCUT2D eigenvalue weighted by atomic mass is 14.4. The summed E-state index contributed by atoms with van der Waals surface area (Å²) in [6.07, 6.45) is -0.895. The van der Waals surface area contributed by atoms with E-state index < -0.39 is 18.6 Å². The van der Waals surface area contributed by atoms with E-state index in [1.165, 1.54) is 16.7 Å². The van der Waals surface area contributed by atoms with Gasteiger partial charge in [0.05, 0.1) is 0 Å². The minimum absolute atomic E-state index is 0.340. The van der Waals surface area contributed by atoms with Crippen LogP contribution >= 0.6 is 0 Å². The van der Waals surface area contributed by atoms with Crippen LogP contribution in [0.4, 0.5) is 0 Å². The summed E-state index contributed by atoms with van der Waals surface area (Å²) >= 11 is 0. The van der Waals surface area contributed by atoms with Gasteiger partial charge < -0.3 is 0 Å². The van der Waals surface area contributed by atoms with E-state index in [1.54, 1.807) is 6.92 Å². The molecule has 0 radical (unpaired) electrons. The van der Waals surface area contributed by atoms with Crippen molar-refractivity contribution in [2.75, 3.05) is 0 Å². The Hall–Kier alpha value is -4.68. The number of hydrogen-bond acceptors (Lipinski definition) is 0. The fraction of sp³-hybridized carbons (Fsp3) is 0.163. The van der Waals surface area contributed by atoms with Gasteiger partial charge in [-0.3, -0.25) is 0 Å². The van der Waals surface area contributed by atoms with E-state index in [1.807, 2.05) is 18.2 Å². The minimum atomic E-state index is -2.33. The summed E-state index contributed by atoms with van der Waals surface area (Å²) in [6, 6.07) is 42.0. The van der Waals surface area contributed by atoms with Gasteiger partial charge in [0.15, 0.2) is 0 Å². The van der Waals surface area contributed by atoms with E-state index >= 15 is 0 Å². The Morgan fingerprint density at radius 2 is 1.09 bits per heavy atom. The maximum absolute atomic E-state index is 8.67. The van der Waals surface area contributed by atoms with E-state index in [2.05, 4.69) is 117 Å². The lowest BCUT2D eigenvalue weighted by Gasteiger charge is -2.36. The summed E-state index contributed by atoms with van der Waals surface area (Å²) in [4.78, 5) is 0. The number of rotatable bonds is 2. The summed E-state index contributed by atoms with van der Waals surface area (Å²) in [6.45, 7) is 3.63. The van der Waals surface area contributed by atoms with Gasteiger partial charge in [0, 0.05) is 12.3 Å². The fourth-order valence-corrected chi connectivity index (χ4v) is 7.49. The Bertz CT molecular complexity index is 2260. The van der Waals surface area contributed by atoms with Crippen LogP contribution in [0.25, 0.3) is 55.6 Å². The molecule has 208 valence electrons. The highest BCUT2D eigenvalue weighted by Crippen LogP contribution is 2.49. The third-order valence-electron chi connectivity index (χ3n) is 9.64. The van der Waals surface area contributed by atoms with Gasteiger partial charge in [-0.1, -0.05) is 130 Å². The topological polar surface area (TPSA) is 0 Å². The van der Waals surface area contributed by atoms with Crippen LogP contribution in [-0.4, -0.2) is 0 Å². The molecule has 0 aliphatic heterocycles. The Morgan fingerprint density at radius 3 is 1.65 bits per heavy atom. The molecular formula is C43H36. The van der Waals surface area contributed by atoms with Crippen LogP contribution in [0.5, 0.6) is 0 Å². The normalized spacial score (nSPS) is 16.1. The Morgan fingerprint density at radius 1 is 0.558 bits per heavy atom. The smallest absolute Gasteiger partial charge is 0.0313 e. The molecule has 0 unspecified atom stereocenters. The molecule has 0 spiro atoms. The summed E-state index contributed by atoms with van der Waals surface area (Å²) in [5.41, 5.74) is 15.6. The maximum atomic E-state index is 8.67. The lowest BCUT2D eigenvalue weighted by Crippen LogP contribution is -2.27. The molecular weight excluding hydrogens is 516 g/mol. The molecule has 2 aliphatic carbocycles. The predicted octanol–water partition coefficient (Wildman–Crippen LogP) is 11.4. The summed E-state index contributed by atoms with van der Waals surface area (Å²) < 4.78 is 42.6. The van der Waals surface area contributed by atoms with Gasteiger partial charge in [0.2, 0.25) is 0 Å². The van der Waals surface area contributed by atoms with Crippen molar-refractivity contribution in [3.05, 3.63) is 155 Å². The first kappa shape index (κ1) is 21.1. The van der Waals surface area contributed by atoms with Crippen molar-refractivity contribution >= 4 is 0 Å². The van der Waals surface area contributed by atoms with Gasteiger partial charge in [0.1, 0.15) is 0 Å². The van der Waals surface area contributed by atoms with Crippen molar-refractivity contribution in [1.82, 2.24) is 0 Å². The lowest BCUT2D eigenvalue weighted by molar-refractivity contribution is 0.610. The first-order chi connectivity index (χ1) is 22.8. The van der Waals surface area contributed by atoms with Crippen LogP contribution in [-0.2, 0) is 18.2 Å². The largest absolute Gasteiger partial charge is 0.0616 e.